The summed E-state index contributed by atoms with van der Waals surface area (Å²) in [4.78, 5) is 7.99. The average molecular weight is 297 g/mol. The van der Waals surface area contributed by atoms with Crippen LogP contribution in [0.3, 0.4) is 0 Å². The number of hydrogen-bond acceptors (Lipinski definition) is 3. The predicted octanol–water partition coefficient (Wildman–Crippen LogP) is 4.05. The molecule has 0 spiro atoms. The molecule has 0 aliphatic heterocycles. The number of benzene rings is 2. The maximum atomic E-state index is 6.34. The number of nitrogens with two attached hydrogens (primary N) is 1. The van der Waals surface area contributed by atoms with Crippen LogP contribution in [0, 0.1) is 6.92 Å². The normalized spacial score (nSPS) is 14.2. The zero-order valence-electron chi connectivity index (χ0n) is 12.2. The Morgan fingerprint density at radius 2 is 1.90 bits per heavy atom. The molecule has 0 bridgehead atoms. The zero-order chi connectivity index (χ0) is 14.8. The van der Waals surface area contributed by atoms with Gasteiger partial charge in [-0.2, -0.15) is 0 Å². The second kappa shape index (κ2) is 5.92. The molecule has 3 rings (SSSR count). The topological polar surface area (TPSA) is 54.7 Å². The fourth-order valence-electron chi connectivity index (χ4n) is 2.35. The molecular formula is C17H19N3S. The van der Waals surface area contributed by atoms with Gasteiger partial charge in [0.15, 0.2) is 5.16 Å². The molecular weight excluding hydrogens is 278 g/mol. The van der Waals surface area contributed by atoms with Crippen molar-refractivity contribution in [1.29, 1.82) is 0 Å². The molecule has 0 saturated carbocycles. The Morgan fingerprint density at radius 3 is 2.67 bits per heavy atom. The van der Waals surface area contributed by atoms with Crippen LogP contribution in [0.1, 0.15) is 24.1 Å². The Bertz CT molecular complexity index is 736. The van der Waals surface area contributed by atoms with Gasteiger partial charge in [0, 0.05) is 11.3 Å². The molecule has 0 fully saturated rings. The van der Waals surface area contributed by atoms with Gasteiger partial charge in [-0.25, -0.2) is 4.98 Å². The van der Waals surface area contributed by atoms with Crippen molar-refractivity contribution in [3.63, 3.8) is 0 Å². The fraction of sp³-hybridized carbons (Fsp3) is 0.235. The summed E-state index contributed by atoms with van der Waals surface area (Å²) in [5.74, 6) is 0. The van der Waals surface area contributed by atoms with Gasteiger partial charge in [-0.05, 0) is 30.2 Å². The lowest BCUT2D eigenvalue weighted by Crippen LogP contribution is -2.21. The van der Waals surface area contributed by atoms with Crippen molar-refractivity contribution in [3.05, 3.63) is 59.7 Å². The van der Waals surface area contributed by atoms with Gasteiger partial charge in [0.1, 0.15) is 0 Å². The summed E-state index contributed by atoms with van der Waals surface area (Å²) < 4.78 is 0. The van der Waals surface area contributed by atoms with Gasteiger partial charge < -0.3 is 10.7 Å². The number of thioether (sulfide) groups is 1. The van der Waals surface area contributed by atoms with E-state index in [-0.39, 0.29) is 11.3 Å². The number of aromatic nitrogens is 2. The highest BCUT2D eigenvalue weighted by molar-refractivity contribution is 7.99. The molecule has 1 aromatic heterocycles. The lowest BCUT2D eigenvalue weighted by molar-refractivity contribution is 0.713. The number of rotatable bonds is 4. The van der Waals surface area contributed by atoms with E-state index < -0.39 is 0 Å². The van der Waals surface area contributed by atoms with E-state index in [1.54, 1.807) is 11.8 Å². The molecule has 1 heterocycles. The van der Waals surface area contributed by atoms with Crippen LogP contribution in [0.5, 0.6) is 0 Å². The van der Waals surface area contributed by atoms with Crippen LogP contribution in [0.25, 0.3) is 11.0 Å². The third-order valence-electron chi connectivity index (χ3n) is 3.60. The van der Waals surface area contributed by atoms with Crippen LogP contribution < -0.4 is 5.73 Å². The SMILES string of the molecule is Cc1ccc2nc(SC(C)C(N)c3ccccc3)[nH]c2c1. The van der Waals surface area contributed by atoms with Gasteiger partial charge >= 0.3 is 0 Å². The Morgan fingerprint density at radius 1 is 1.14 bits per heavy atom. The van der Waals surface area contributed by atoms with Crippen molar-refractivity contribution < 1.29 is 0 Å². The number of hydrogen-bond donors (Lipinski definition) is 2. The number of nitrogens with one attached hydrogen (secondary N) is 1. The zero-order valence-corrected chi connectivity index (χ0v) is 13.0. The maximum Gasteiger partial charge on any atom is 0.166 e. The van der Waals surface area contributed by atoms with E-state index in [1.807, 2.05) is 24.3 Å². The standard InChI is InChI=1S/C17H19N3S/c1-11-8-9-14-15(10-11)20-17(19-14)21-12(2)16(18)13-6-4-3-5-7-13/h3-10,12,16H,18H2,1-2H3,(H,19,20). The molecule has 3 nitrogen and oxygen atoms in total. The highest BCUT2D eigenvalue weighted by Crippen LogP contribution is 2.30. The van der Waals surface area contributed by atoms with Gasteiger partial charge in [-0.15, -0.1) is 0 Å². The summed E-state index contributed by atoms with van der Waals surface area (Å²) in [5, 5.41) is 1.17. The summed E-state index contributed by atoms with van der Waals surface area (Å²) in [6.45, 7) is 4.22. The highest BCUT2D eigenvalue weighted by Gasteiger charge is 2.17. The molecule has 3 N–H and O–H groups in total. The largest absolute Gasteiger partial charge is 0.333 e. The van der Waals surface area contributed by atoms with E-state index in [9.17, 15) is 0 Å². The van der Waals surface area contributed by atoms with Crippen molar-refractivity contribution in [2.24, 2.45) is 5.73 Å². The molecule has 0 radical (unpaired) electrons. The number of nitrogens with zero attached hydrogens (tertiary/aromatic N) is 1. The minimum Gasteiger partial charge on any atom is -0.333 e. The van der Waals surface area contributed by atoms with Crippen LogP contribution in [0.4, 0.5) is 0 Å². The molecule has 2 aromatic carbocycles. The Kier molecular flexibility index (Phi) is 3.99. The molecule has 21 heavy (non-hydrogen) atoms. The van der Waals surface area contributed by atoms with Crippen LogP contribution in [-0.4, -0.2) is 15.2 Å². The van der Waals surface area contributed by atoms with Crippen LogP contribution in [0.15, 0.2) is 53.7 Å². The van der Waals surface area contributed by atoms with E-state index in [0.29, 0.717) is 0 Å². The fourth-order valence-corrected chi connectivity index (χ4v) is 3.33. The molecule has 0 aliphatic carbocycles. The molecule has 0 saturated heterocycles. The second-order valence-corrected chi connectivity index (χ2v) is 6.69. The number of aromatic amines is 1. The van der Waals surface area contributed by atoms with Gasteiger partial charge in [0.05, 0.1) is 11.0 Å². The number of fused-ring (bicyclic) bond motifs is 1. The maximum absolute atomic E-state index is 6.34. The van der Waals surface area contributed by atoms with Crippen molar-refractivity contribution in [1.82, 2.24) is 9.97 Å². The number of H-pyrrole nitrogens is 1. The lowest BCUT2D eigenvalue weighted by atomic mass is 10.1. The van der Waals surface area contributed by atoms with Gasteiger partial charge in [0.25, 0.3) is 0 Å². The Labute approximate surface area is 129 Å². The summed E-state index contributed by atoms with van der Waals surface area (Å²) in [5.41, 5.74) is 10.8. The first kappa shape index (κ1) is 14.2. The molecule has 4 heteroatoms. The average Bonchev–Trinajstić information content (AvgIpc) is 2.88. The summed E-state index contributed by atoms with van der Waals surface area (Å²) in [6, 6.07) is 16.4. The van der Waals surface area contributed by atoms with E-state index in [1.165, 1.54) is 5.56 Å². The second-order valence-electron chi connectivity index (χ2n) is 5.32. The molecule has 0 amide bonds. The monoisotopic (exact) mass is 297 g/mol. The summed E-state index contributed by atoms with van der Waals surface area (Å²) in [6.07, 6.45) is 0. The van der Waals surface area contributed by atoms with E-state index in [2.05, 4.69) is 48.1 Å². The lowest BCUT2D eigenvalue weighted by Gasteiger charge is -2.18. The van der Waals surface area contributed by atoms with Crippen LogP contribution in [-0.2, 0) is 0 Å². The third-order valence-corrected chi connectivity index (χ3v) is 4.68. The Balaban J connectivity index is 1.78. The van der Waals surface area contributed by atoms with Crippen molar-refractivity contribution >= 4 is 22.8 Å². The quantitative estimate of drug-likeness (QED) is 0.714. The summed E-state index contributed by atoms with van der Waals surface area (Å²) in [7, 11) is 0. The number of imidazole rings is 1. The predicted molar refractivity (Wildman–Crippen MR) is 89.5 cm³/mol. The first-order valence-corrected chi connectivity index (χ1v) is 7.95. The molecule has 3 aromatic rings. The minimum atomic E-state index is -0.00820. The molecule has 2 unspecified atom stereocenters. The van der Waals surface area contributed by atoms with Crippen LogP contribution >= 0.6 is 11.8 Å². The minimum absolute atomic E-state index is 0.00820. The van der Waals surface area contributed by atoms with E-state index >= 15 is 0 Å². The first-order valence-electron chi connectivity index (χ1n) is 7.07. The van der Waals surface area contributed by atoms with Crippen molar-refractivity contribution in [2.45, 2.75) is 30.3 Å². The molecule has 2 atom stereocenters. The van der Waals surface area contributed by atoms with Gasteiger partial charge in [-0.1, -0.05) is 55.1 Å². The van der Waals surface area contributed by atoms with Crippen molar-refractivity contribution in [2.75, 3.05) is 0 Å². The first-order chi connectivity index (χ1) is 10.1. The molecule has 108 valence electrons. The van der Waals surface area contributed by atoms with Gasteiger partial charge in [-0.3, -0.25) is 0 Å². The summed E-state index contributed by atoms with van der Waals surface area (Å²) >= 11 is 1.69. The van der Waals surface area contributed by atoms with E-state index in [0.717, 1.165) is 21.8 Å². The smallest absolute Gasteiger partial charge is 0.166 e. The third kappa shape index (κ3) is 3.12. The molecule has 0 aliphatic rings. The van der Waals surface area contributed by atoms with E-state index in [4.69, 9.17) is 5.73 Å². The highest BCUT2D eigenvalue weighted by atomic mass is 32.2. The Hall–Kier alpha value is -1.78. The van der Waals surface area contributed by atoms with Crippen molar-refractivity contribution in [3.8, 4) is 0 Å². The van der Waals surface area contributed by atoms with Crippen LogP contribution in [0.2, 0.25) is 0 Å². The number of aryl methyl sites for hydroxylation is 1. The van der Waals surface area contributed by atoms with Gasteiger partial charge in [0.2, 0.25) is 0 Å².